The van der Waals surface area contributed by atoms with Gasteiger partial charge in [0.15, 0.2) is 5.69 Å². The first kappa shape index (κ1) is 16.8. The Morgan fingerprint density at radius 2 is 1.88 bits per heavy atom. The van der Waals surface area contributed by atoms with E-state index in [1.165, 1.54) is 10.7 Å². The van der Waals surface area contributed by atoms with Crippen LogP contribution in [0.5, 0.6) is 0 Å². The summed E-state index contributed by atoms with van der Waals surface area (Å²) < 4.78 is 15.2. The standard InChI is InChI=1S/C19H19FN4O/c1-12-9-10-16(11-17(12)20)24-14(3)18(22-23-24)19(25)21-13(2)15-7-5-4-6-8-15/h4-11,13H,1-3H3,(H,21,25). The summed E-state index contributed by atoms with van der Waals surface area (Å²) >= 11 is 0. The van der Waals surface area contributed by atoms with Crippen LogP contribution in [0, 0.1) is 19.7 Å². The number of hydrogen-bond donors (Lipinski definition) is 1. The predicted molar refractivity (Wildman–Crippen MR) is 93.1 cm³/mol. The Kier molecular flexibility index (Phi) is 4.61. The van der Waals surface area contributed by atoms with Crippen molar-refractivity contribution in [2.24, 2.45) is 0 Å². The molecular formula is C19H19FN4O. The fourth-order valence-corrected chi connectivity index (χ4v) is 2.59. The highest BCUT2D eigenvalue weighted by Gasteiger charge is 2.19. The van der Waals surface area contributed by atoms with E-state index in [0.29, 0.717) is 16.9 Å². The van der Waals surface area contributed by atoms with Gasteiger partial charge >= 0.3 is 0 Å². The summed E-state index contributed by atoms with van der Waals surface area (Å²) in [5.41, 5.74) is 2.87. The molecule has 5 nitrogen and oxygen atoms in total. The van der Waals surface area contributed by atoms with Crippen LogP contribution in [0.4, 0.5) is 4.39 Å². The topological polar surface area (TPSA) is 59.8 Å². The molecule has 0 aliphatic carbocycles. The average Bonchev–Trinajstić information content (AvgIpc) is 2.99. The summed E-state index contributed by atoms with van der Waals surface area (Å²) in [5, 5.41) is 10.9. The monoisotopic (exact) mass is 338 g/mol. The van der Waals surface area contributed by atoms with Crippen LogP contribution in [-0.2, 0) is 0 Å². The van der Waals surface area contributed by atoms with Crippen LogP contribution in [0.1, 0.15) is 40.3 Å². The Bertz CT molecular complexity index is 905. The van der Waals surface area contributed by atoms with Crippen LogP contribution < -0.4 is 5.32 Å². The summed E-state index contributed by atoms with van der Waals surface area (Å²) in [6.07, 6.45) is 0. The van der Waals surface area contributed by atoms with Crippen LogP contribution >= 0.6 is 0 Å². The van der Waals surface area contributed by atoms with Crippen molar-refractivity contribution in [1.29, 1.82) is 0 Å². The van der Waals surface area contributed by atoms with Crippen molar-refractivity contribution >= 4 is 5.91 Å². The number of hydrogen-bond acceptors (Lipinski definition) is 3. The van der Waals surface area contributed by atoms with Gasteiger partial charge in [0.25, 0.3) is 5.91 Å². The first-order valence-corrected chi connectivity index (χ1v) is 8.02. The van der Waals surface area contributed by atoms with Crippen LogP contribution in [0.15, 0.2) is 48.5 Å². The van der Waals surface area contributed by atoms with Crippen molar-refractivity contribution in [2.75, 3.05) is 0 Å². The Balaban J connectivity index is 1.83. The van der Waals surface area contributed by atoms with E-state index in [9.17, 15) is 9.18 Å². The summed E-state index contributed by atoms with van der Waals surface area (Å²) in [4.78, 5) is 12.5. The lowest BCUT2D eigenvalue weighted by atomic mass is 10.1. The Labute approximate surface area is 145 Å². The Morgan fingerprint density at radius 3 is 2.56 bits per heavy atom. The van der Waals surface area contributed by atoms with E-state index >= 15 is 0 Å². The van der Waals surface area contributed by atoms with E-state index in [4.69, 9.17) is 0 Å². The van der Waals surface area contributed by atoms with Crippen molar-refractivity contribution in [3.63, 3.8) is 0 Å². The highest BCUT2D eigenvalue weighted by Crippen LogP contribution is 2.17. The quantitative estimate of drug-likeness (QED) is 0.792. The van der Waals surface area contributed by atoms with Gasteiger partial charge < -0.3 is 5.32 Å². The minimum absolute atomic E-state index is 0.157. The van der Waals surface area contributed by atoms with Crippen LogP contribution in [0.3, 0.4) is 0 Å². The molecule has 0 aliphatic heterocycles. The van der Waals surface area contributed by atoms with Crippen molar-refractivity contribution in [1.82, 2.24) is 20.3 Å². The van der Waals surface area contributed by atoms with Crippen molar-refractivity contribution < 1.29 is 9.18 Å². The minimum atomic E-state index is -0.323. The van der Waals surface area contributed by atoms with Gasteiger partial charge in [0.05, 0.1) is 17.4 Å². The number of halogens is 1. The van der Waals surface area contributed by atoms with E-state index in [1.807, 2.05) is 37.3 Å². The van der Waals surface area contributed by atoms with Gasteiger partial charge in [-0.15, -0.1) is 5.10 Å². The lowest BCUT2D eigenvalue weighted by molar-refractivity contribution is 0.0934. The number of benzene rings is 2. The normalized spacial score (nSPS) is 12.0. The number of carbonyl (C=O) groups is 1. The molecule has 0 saturated heterocycles. The lowest BCUT2D eigenvalue weighted by Gasteiger charge is -2.13. The zero-order valence-corrected chi connectivity index (χ0v) is 14.3. The highest BCUT2D eigenvalue weighted by molar-refractivity contribution is 5.93. The fourth-order valence-electron chi connectivity index (χ4n) is 2.59. The molecule has 0 fully saturated rings. The number of rotatable bonds is 4. The summed E-state index contributed by atoms with van der Waals surface area (Å²) in [5.74, 6) is -0.635. The van der Waals surface area contributed by atoms with E-state index in [2.05, 4.69) is 15.6 Å². The molecule has 6 heteroatoms. The largest absolute Gasteiger partial charge is 0.344 e. The Morgan fingerprint density at radius 1 is 1.16 bits per heavy atom. The maximum absolute atomic E-state index is 13.8. The molecule has 0 saturated carbocycles. The molecule has 1 amide bonds. The minimum Gasteiger partial charge on any atom is -0.344 e. The van der Waals surface area contributed by atoms with E-state index in [-0.39, 0.29) is 23.5 Å². The summed E-state index contributed by atoms with van der Waals surface area (Å²) in [6.45, 7) is 5.33. The number of aromatic nitrogens is 3. The molecule has 0 radical (unpaired) electrons. The number of carbonyl (C=O) groups excluding carboxylic acids is 1. The molecule has 3 aromatic rings. The van der Waals surface area contributed by atoms with E-state index in [0.717, 1.165) is 5.56 Å². The smallest absolute Gasteiger partial charge is 0.274 e. The third kappa shape index (κ3) is 3.42. The van der Waals surface area contributed by atoms with Gasteiger partial charge in [-0.3, -0.25) is 4.79 Å². The predicted octanol–water partition coefficient (Wildman–Crippen LogP) is 3.51. The molecule has 128 valence electrons. The third-order valence-corrected chi connectivity index (χ3v) is 4.16. The zero-order valence-electron chi connectivity index (χ0n) is 14.3. The maximum atomic E-state index is 13.8. The fraction of sp³-hybridized carbons (Fsp3) is 0.211. The van der Waals surface area contributed by atoms with Gasteiger partial charge in [-0.05, 0) is 44.0 Å². The molecule has 1 N–H and O–H groups in total. The SMILES string of the molecule is Cc1ccc(-n2nnc(C(=O)NC(C)c3ccccc3)c2C)cc1F. The Hall–Kier alpha value is -3.02. The second-order valence-electron chi connectivity index (χ2n) is 5.97. The van der Waals surface area contributed by atoms with Gasteiger partial charge in [-0.2, -0.15) is 0 Å². The maximum Gasteiger partial charge on any atom is 0.274 e. The second kappa shape index (κ2) is 6.84. The number of nitrogens with one attached hydrogen (secondary N) is 1. The molecule has 3 rings (SSSR count). The first-order valence-electron chi connectivity index (χ1n) is 8.02. The number of aryl methyl sites for hydroxylation is 1. The summed E-state index contributed by atoms with van der Waals surface area (Å²) in [6, 6.07) is 14.3. The van der Waals surface area contributed by atoms with E-state index < -0.39 is 0 Å². The van der Waals surface area contributed by atoms with Crippen LogP contribution in [0.2, 0.25) is 0 Å². The molecule has 1 unspecified atom stereocenters. The lowest BCUT2D eigenvalue weighted by Crippen LogP contribution is -2.27. The zero-order chi connectivity index (χ0) is 18.0. The number of amides is 1. The van der Waals surface area contributed by atoms with Gasteiger partial charge in [0, 0.05) is 0 Å². The van der Waals surface area contributed by atoms with Crippen molar-refractivity contribution in [3.8, 4) is 5.69 Å². The van der Waals surface area contributed by atoms with Gasteiger partial charge in [0.2, 0.25) is 0 Å². The molecule has 25 heavy (non-hydrogen) atoms. The second-order valence-corrected chi connectivity index (χ2v) is 5.97. The van der Waals surface area contributed by atoms with Gasteiger partial charge in [0.1, 0.15) is 5.82 Å². The first-order chi connectivity index (χ1) is 12.0. The van der Waals surface area contributed by atoms with Crippen molar-refractivity contribution in [2.45, 2.75) is 26.8 Å². The average molecular weight is 338 g/mol. The molecule has 0 spiro atoms. The highest BCUT2D eigenvalue weighted by atomic mass is 19.1. The van der Waals surface area contributed by atoms with E-state index in [1.54, 1.807) is 26.0 Å². The molecule has 0 aliphatic rings. The molecule has 0 bridgehead atoms. The molecule has 1 atom stereocenters. The van der Waals surface area contributed by atoms with Crippen LogP contribution in [0.25, 0.3) is 5.69 Å². The molecule has 2 aromatic carbocycles. The number of nitrogens with zero attached hydrogens (tertiary/aromatic N) is 3. The van der Waals surface area contributed by atoms with Crippen LogP contribution in [-0.4, -0.2) is 20.9 Å². The molecular weight excluding hydrogens is 319 g/mol. The molecule has 1 heterocycles. The van der Waals surface area contributed by atoms with Gasteiger partial charge in [-0.1, -0.05) is 41.6 Å². The third-order valence-electron chi connectivity index (χ3n) is 4.16. The summed E-state index contributed by atoms with van der Waals surface area (Å²) in [7, 11) is 0. The molecule has 1 aromatic heterocycles. The van der Waals surface area contributed by atoms with Gasteiger partial charge in [-0.25, -0.2) is 9.07 Å². The van der Waals surface area contributed by atoms with Crippen molar-refractivity contribution in [3.05, 3.63) is 76.9 Å².